The fourth-order valence-electron chi connectivity index (χ4n) is 4.53. The van der Waals surface area contributed by atoms with Crippen molar-refractivity contribution >= 4 is 0 Å². The second kappa shape index (κ2) is 7.04. The molecule has 1 atom stereocenters. The van der Waals surface area contributed by atoms with Gasteiger partial charge in [-0.1, -0.05) is 103 Å². The predicted octanol–water partition coefficient (Wildman–Crippen LogP) is 7.11. The second-order valence-electron chi connectivity index (χ2n) is 8.42. The van der Waals surface area contributed by atoms with Crippen LogP contribution in [0, 0.1) is 6.92 Å². The molecule has 1 aliphatic rings. The number of fused-ring (bicyclic) bond motifs is 1. The lowest BCUT2D eigenvalue weighted by molar-refractivity contribution is 0.692. The summed E-state index contributed by atoms with van der Waals surface area (Å²) in [6.45, 7) is 4.49. The zero-order valence-corrected chi connectivity index (χ0v) is 17.2. The summed E-state index contributed by atoms with van der Waals surface area (Å²) in [6, 6.07) is 35.9. The third-order valence-electron chi connectivity index (χ3n) is 6.65. The van der Waals surface area contributed by atoms with E-state index in [1.807, 2.05) is 0 Å². The van der Waals surface area contributed by atoms with Crippen molar-refractivity contribution in [1.29, 1.82) is 0 Å². The summed E-state index contributed by atoms with van der Waals surface area (Å²) in [5, 5.41) is 0. The molecule has 0 aromatic heterocycles. The molecule has 0 aliphatic heterocycles. The molecule has 4 aromatic rings. The van der Waals surface area contributed by atoms with Gasteiger partial charge in [-0.15, -0.1) is 0 Å². The van der Waals surface area contributed by atoms with Crippen molar-refractivity contribution in [3.05, 3.63) is 130 Å². The summed E-state index contributed by atoms with van der Waals surface area (Å²) in [7, 11) is 0. The molecule has 1 aliphatic carbocycles. The average Bonchev–Trinajstić information content (AvgIpc) is 2.75. The standard InChI is InChI=1S/C29H26/c1-21-8-16-27(17-9-21)29(2,26-6-4-3-5-7-26)28-18-14-23(15-19-28)25-13-11-22-10-12-24(22)20-25/h3-9,11,13-20H,10,12H2,1-2H3. The zero-order chi connectivity index (χ0) is 19.8. The Morgan fingerprint density at radius 1 is 0.552 bits per heavy atom. The maximum absolute atomic E-state index is 2.37. The molecular formula is C29H26. The van der Waals surface area contributed by atoms with Gasteiger partial charge in [-0.25, -0.2) is 0 Å². The van der Waals surface area contributed by atoms with E-state index in [0.29, 0.717) is 0 Å². The molecule has 0 saturated heterocycles. The summed E-state index contributed by atoms with van der Waals surface area (Å²) in [4.78, 5) is 0. The van der Waals surface area contributed by atoms with E-state index in [1.54, 1.807) is 0 Å². The summed E-state index contributed by atoms with van der Waals surface area (Å²) in [6.07, 6.45) is 2.46. The molecule has 0 heterocycles. The molecule has 0 amide bonds. The van der Waals surface area contributed by atoms with Crippen molar-refractivity contribution in [3.63, 3.8) is 0 Å². The predicted molar refractivity (Wildman–Crippen MR) is 122 cm³/mol. The van der Waals surface area contributed by atoms with E-state index in [0.717, 1.165) is 0 Å². The highest BCUT2D eigenvalue weighted by atomic mass is 14.3. The Labute approximate surface area is 173 Å². The van der Waals surface area contributed by atoms with Crippen LogP contribution in [-0.2, 0) is 18.3 Å². The number of rotatable bonds is 4. The smallest absolute Gasteiger partial charge is 0.0423 e. The van der Waals surface area contributed by atoms with Gasteiger partial charge < -0.3 is 0 Å². The highest BCUT2D eigenvalue weighted by Crippen LogP contribution is 2.39. The first-order valence-electron chi connectivity index (χ1n) is 10.5. The van der Waals surface area contributed by atoms with Gasteiger partial charge in [0.2, 0.25) is 0 Å². The summed E-state index contributed by atoms with van der Waals surface area (Å²) in [5.41, 5.74) is 10.7. The van der Waals surface area contributed by atoms with Crippen LogP contribution in [0.4, 0.5) is 0 Å². The first kappa shape index (κ1) is 17.9. The van der Waals surface area contributed by atoms with Gasteiger partial charge in [0.25, 0.3) is 0 Å². The van der Waals surface area contributed by atoms with Crippen LogP contribution in [0.1, 0.15) is 40.3 Å². The fraction of sp³-hybridized carbons (Fsp3) is 0.172. The number of hydrogen-bond donors (Lipinski definition) is 0. The minimum atomic E-state index is -0.187. The Kier molecular flexibility index (Phi) is 4.36. The van der Waals surface area contributed by atoms with E-state index in [4.69, 9.17) is 0 Å². The molecule has 0 radical (unpaired) electrons. The molecule has 0 spiro atoms. The topological polar surface area (TPSA) is 0 Å². The summed E-state index contributed by atoms with van der Waals surface area (Å²) in [5.74, 6) is 0. The molecule has 29 heavy (non-hydrogen) atoms. The number of aryl methyl sites for hydroxylation is 3. The van der Waals surface area contributed by atoms with Gasteiger partial charge in [-0.2, -0.15) is 0 Å². The molecule has 0 nitrogen and oxygen atoms in total. The van der Waals surface area contributed by atoms with Gasteiger partial charge >= 0.3 is 0 Å². The van der Waals surface area contributed by atoms with Crippen molar-refractivity contribution in [1.82, 2.24) is 0 Å². The highest BCUT2D eigenvalue weighted by molar-refractivity contribution is 5.67. The fourth-order valence-corrected chi connectivity index (χ4v) is 4.53. The molecule has 0 bridgehead atoms. The molecule has 0 heteroatoms. The molecule has 142 valence electrons. The quantitative estimate of drug-likeness (QED) is 0.334. The van der Waals surface area contributed by atoms with Gasteiger partial charge in [-0.3, -0.25) is 0 Å². The normalized spacial score (nSPS) is 14.6. The number of hydrogen-bond acceptors (Lipinski definition) is 0. The van der Waals surface area contributed by atoms with Crippen molar-refractivity contribution in [2.24, 2.45) is 0 Å². The highest BCUT2D eigenvalue weighted by Gasteiger charge is 2.31. The SMILES string of the molecule is Cc1ccc(C(C)(c2ccccc2)c2ccc(-c3ccc4c(c3)CC4)cc2)cc1. The van der Waals surface area contributed by atoms with E-state index in [1.165, 1.54) is 57.3 Å². The number of benzene rings is 4. The third-order valence-corrected chi connectivity index (χ3v) is 6.65. The lowest BCUT2D eigenvalue weighted by Crippen LogP contribution is -2.25. The summed E-state index contributed by atoms with van der Waals surface area (Å²) >= 11 is 0. The Morgan fingerprint density at radius 2 is 1.10 bits per heavy atom. The largest absolute Gasteiger partial charge is 0.0622 e. The van der Waals surface area contributed by atoms with Gasteiger partial charge in [-0.05, 0) is 65.6 Å². The van der Waals surface area contributed by atoms with E-state index in [2.05, 4.69) is 111 Å². The van der Waals surface area contributed by atoms with Crippen LogP contribution in [0.15, 0.2) is 97.1 Å². The van der Waals surface area contributed by atoms with E-state index >= 15 is 0 Å². The first-order valence-corrected chi connectivity index (χ1v) is 10.5. The van der Waals surface area contributed by atoms with Gasteiger partial charge in [0.15, 0.2) is 0 Å². The third kappa shape index (κ3) is 3.09. The molecule has 0 saturated carbocycles. The summed E-state index contributed by atoms with van der Waals surface area (Å²) < 4.78 is 0. The van der Waals surface area contributed by atoms with Crippen molar-refractivity contribution in [2.45, 2.75) is 32.1 Å². The van der Waals surface area contributed by atoms with Crippen LogP contribution in [0.5, 0.6) is 0 Å². The van der Waals surface area contributed by atoms with Crippen LogP contribution in [-0.4, -0.2) is 0 Å². The molecule has 0 fully saturated rings. The molecule has 4 aromatic carbocycles. The average molecular weight is 375 g/mol. The molecule has 1 unspecified atom stereocenters. The Hall–Kier alpha value is -3.12. The van der Waals surface area contributed by atoms with E-state index in [9.17, 15) is 0 Å². The van der Waals surface area contributed by atoms with E-state index in [-0.39, 0.29) is 5.41 Å². The van der Waals surface area contributed by atoms with Crippen LogP contribution in [0.25, 0.3) is 11.1 Å². The van der Waals surface area contributed by atoms with Gasteiger partial charge in [0.1, 0.15) is 0 Å². The molecule has 0 N–H and O–H groups in total. The monoisotopic (exact) mass is 374 g/mol. The zero-order valence-electron chi connectivity index (χ0n) is 17.2. The first-order chi connectivity index (χ1) is 14.1. The Bertz CT molecular complexity index is 1140. The lowest BCUT2D eigenvalue weighted by atomic mass is 9.71. The second-order valence-corrected chi connectivity index (χ2v) is 8.42. The van der Waals surface area contributed by atoms with Crippen LogP contribution in [0.2, 0.25) is 0 Å². The van der Waals surface area contributed by atoms with E-state index < -0.39 is 0 Å². The van der Waals surface area contributed by atoms with Crippen molar-refractivity contribution in [2.75, 3.05) is 0 Å². The van der Waals surface area contributed by atoms with Crippen LogP contribution >= 0.6 is 0 Å². The molecular weight excluding hydrogens is 348 g/mol. The van der Waals surface area contributed by atoms with Crippen molar-refractivity contribution < 1.29 is 0 Å². The minimum Gasteiger partial charge on any atom is -0.0622 e. The Morgan fingerprint density at radius 3 is 1.69 bits per heavy atom. The van der Waals surface area contributed by atoms with Crippen LogP contribution < -0.4 is 0 Å². The Balaban J connectivity index is 1.59. The van der Waals surface area contributed by atoms with Gasteiger partial charge in [0.05, 0.1) is 0 Å². The minimum absolute atomic E-state index is 0.187. The van der Waals surface area contributed by atoms with Crippen molar-refractivity contribution in [3.8, 4) is 11.1 Å². The van der Waals surface area contributed by atoms with Gasteiger partial charge in [0, 0.05) is 5.41 Å². The van der Waals surface area contributed by atoms with Crippen LogP contribution in [0.3, 0.4) is 0 Å². The maximum Gasteiger partial charge on any atom is 0.0423 e. The maximum atomic E-state index is 2.37. The molecule has 5 rings (SSSR count). The lowest BCUT2D eigenvalue weighted by Gasteiger charge is -2.32.